The van der Waals surface area contributed by atoms with Crippen molar-refractivity contribution in [3.63, 3.8) is 0 Å². The molecule has 1 heterocycles. The first-order chi connectivity index (χ1) is 8.66. The van der Waals surface area contributed by atoms with E-state index in [1.165, 1.54) is 0 Å². The van der Waals surface area contributed by atoms with E-state index < -0.39 is 0 Å². The maximum atomic E-state index is 11.7. The molecular formula is C15H15NO2. The fourth-order valence-electron chi connectivity index (χ4n) is 1.59. The van der Waals surface area contributed by atoms with Gasteiger partial charge >= 0.3 is 5.97 Å². The lowest BCUT2D eigenvalue weighted by Gasteiger charge is -2.08. The van der Waals surface area contributed by atoms with Crippen molar-refractivity contribution in [2.45, 2.75) is 20.0 Å². The normalized spacial score (nSPS) is 10.4. The molecule has 0 saturated heterocycles. The summed E-state index contributed by atoms with van der Waals surface area (Å²) in [6.45, 7) is 3.67. The number of carbonyl (C=O) groups excluding carboxylic acids is 1. The van der Waals surface area contributed by atoms with Crippen LogP contribution >= 0.6 is 0 Å². The third kappa shape index (κ3) is 2.94. The minimum Gasteiger partial charge on any atom is -0.459 e. The molecule has 0 amide bonds. The number of pyridine rings is 1. The van der Waals surface area contributed by atoms with Gasteiger partial charge in [0, 0.05) is 11.8 Å². The molecule has 0 fully saturated rings. The molecule has 0 aliphatic heterocycles. The van der Waals surface area contributed by atoms with Crippen LogP contribution in [0.5, 0.6) is 0 Å². The van der Waals surface area contributed by atoms with E-state index >= 15 is 0 Å². The molecule has 0 saturated carbocycles. The second-order valence-electron chi connectivity index (χ2n) is 4.25. The number of rotatable bonds is 3. The molecule has 0 bridgehead atoms. The zero-order chi connectivity index (χ0) is 13.0. The van der Waals surface area contributed by atoms with Gasteiger partial charge in [0.25, 0.3) is 0 Å². The molecule has 0 atom stereocenters. The summed E-state index contributed by atoms with van der Waals surface area (Å²) in [6.07, 6.45) is 1.64. The minimum atomic E-state index is -0.294. The van der Waals surface area contributed by atoms with Gasteiger partial charge in [0.05, 0.1) is 17.4 Å². The van der Waals surface area contributed by atoms with Crippen LogP contribution < -0.4 is 0 Å². The van der Waals surface area contributed by atoms with E-state index in [4.69, 9.17) is 4.74 Å². The smallest absolute Gasteiger partial charge is 0.338 e. The Balaban J connectivity index is 2.18. The van der Waals surface area contributed by atoms with Gasteiger partial charge in [-0.25, -0.2) is 4.79 Å². The summed E-state index contributed by atoms with van der Waals surface area (Å²) in [5.74, 6) is -0.294. The van der Waals surface area contributed by atoms with E-state index in [1.54, 1.807) is 18.3 Å². The Kier molecular flexibility index (Phi) is 3.72. The van der Waals surface area contributed by atoms with Crippen LogP contribution in [0.1, 0.15) is 24.2 Å². The maximum Gasteiger partial charge on any atom is 0.338 e. The van der Waals surface area contributed by atoms with E-state index in [-0.39, 0.29) is 12.1 Å². The van der Waals surface area contributed by atoms with Crippen molar-refractivity contribution >= 4 is 5.97 Å². The van der Waals surface area contributed by atoms with Gasteiger partial charge in [-0.3, -0.25) is 4.98 Å². The topological polar surface area (TPSA) is 39.2 Å². The number of ether oxygens (including phenoxy) is 1. The molecule has 0 unspecified atom stereocenters. The summed E-state index contributed by atoms with van der Waals surface area (Å²) >= 11 is 0. The Labute approximate surface area is 106 Å². The third-order valence-corrected chi connectivity index (χ3v) is 2.42. The predicted molar refractivity (Wildman–Crippen MR) is 70.2 cm³/mol. The first kappa shape index (κ1) is 12.3. The van der Waals surface area contributed by atoms with Crippen LogP contribution in [0.15, 0.2) is 48.7 Å². The number of hydrogen-bond donors (Lipinski definition) is 0. The van der Waals surface area contributed by atoms with Crippen LogP contribution in [0.4, 0.5) is 0 Å². The molecular weight excluding hydrogens is 226 g/mol. The molecule has 0 spiro atoms. The summed E-state index contributed by atoms with van der Waals surface area (Å²) in [5, 5.41) is 0. The fraction of sp³-hybridized carbons (Fsp3) is 0.200. The van der Waals surface area contributed by atoms with Crippen LogP contribution in [0, 0.1) is 0 Å². The Morgan fingerprint density at radius 2 is 1.83 bits per heavy atom. The Bertz CT molecular complexity index is 518. The molecule has 1 aromatic heterocycles. The summed E-state index contributed by atoms with van der Waals surface area (Å²) in [6, 6.07) is 13.0. The van der Waals surface area contributed by atoms with Crippen molar-refractivity contribution in [2.24, 2.45) is 0 Å². The highest BCUT2D eigenvalue weighted by Crippen LogP contribution is 2.17. The minimum absolute atomic E-state index is 0.104. The predicted octanol–water partition coefficient (Wildman–Crippen LogP) is 3.31. The number of benzene rings is 1. The monoisotopic (exact) mass is 241 g/mol. The standard InChI is InChI=1S/C15H15NO2/c1-11(2)18-15(17)13-8-6-12(7-9-13)14-5-3-4-10-16-14/h3-11H,1-2H3. The molecule has 3 nitrogen and oxygen atoms in total. The van der Waals surface area contributed by atoms with E-state index in [2.05, 4.69) is 4.98 Å². The van der Waals surface area contributed by atoms with Crippen LogP contribution in [0.3, 0.4) is 0 Å². The summed E-state index contributed by atoms with van der Waals surface area (Å²) in [4.78, 5) is 15.9. The molecule has 18 heavy (non-hydrogen) atoms. The van der Waals surface area contributed by atoms with Gasteiger partial charge in [-0.2, -0.15) is 0 Å². The number of carbonyl (C=O) groups is 1. The lowest BCUT2D eigenvalue weighted by Crippen LogP contribution is -2.11. The Morgan fingerprint density at radius 1 is 1.11 bits per heavy atom. The van der Waals surface area contributed by atoms with Gasteiger partial charge in [-0.05, 0) is 38.1 Å². The van der Waals surface area contributed by atoms with Gasteiger partial charge in [-0.1, -0.05) is 18.2 Å². The quantitative estimate of drug-likeness (QED) is 0.774. The average Bonchev–Trinajstić information content (AvgIpc) is 2.39. The average molecular weight is 241 g/mol. The van der Waals surface area contributed by atoms with Gasteiger partial charge in [0.1, 0.15) is 0 Å². The largest absolute Gasteiger partial charge is 0.459 e. The van der Waals surface area contributed by atoms with E-state index in [0.29, 0.717) is 5.56 Å². The number of esters is 1. The summed E-state index contributed by atoms with van der Waals surface area (Å²) in [7, 11) is 0. The molecule has 0 aliphatic carbocycles. The van der Waals surface area contributed by atoms with E-state index in [9.17, 15) is 4.79 Å². The molecule has 0 N–H and O–H groups in total. The van der Waals surface area contributed by atoms with Crippen LogP contribution in [0.2, 0.25) is 0 Å². The highest BCUT2D eigenvalue weighted by Gasteiger charge is 2.09. The zero-order valence-electron chi connectivity index (χ0n) is 10.5. The van der Waals surface area contributed by atoms with Gasteiger partial charge in [-0.15, -0.1) is 0 Å². The number of hydrogen-bond acceptors (Lipinski definition) is 3. The SMILES string of the molecule is CC(C)OC(=O)c1ccc(-c2ccccn2)cc1. The van der Waals surface area contributed by atoms with E-state index in [0.717, 1.165) is 11.3 Å². The van der Waals surface area contributed by atoms with Gasteiger partial charge in [0.15, 0.2) is 0 Å². The van der Waals surface area contributed by atoms with Gasteiger partial charge in [0.2, 0.25) is 0 Å². The zero-order valence-corrected chi connectivity index (χ0v) is 10.5. The highest BCUT2D eigenvalue weighted by atomic mass is 16.5. The molecule has 92 valence electrons. The summed E-state index contributed by atoms with van der Waals surface area (Å²) in [5.41, 5.74) is 2.43. The first-order valence-corrected chi connectivity index (χ1v) is 5.89. The molecule has 0 radical (unpaired) electrons. The van der Waals surface area contributed by atoms with Crippen molar-refractivity contribution < 1.29 is 9.53 Å². The molecule has 0 aliphatic rings. The molecule has 1 aromatic carbocycles. The van der Waals surface area contributed by atoms with E-state index in [1.807, 2.05) is 44.2 Å². The van der Waals surface area contributed by atoms with Gasteiger partial charge < -0.3 is 4.74 Å². The third-order valence-electron chi connectivity index (χ3n) is 2.42. The highest BCUT2D eigenvalue weighted by molar-refractivity contribution is 5.90. The van der Waals surface area contributed by atoms with Crippen LogP contribution in [0.25, 0.3) is 11.3 Å². The fourth-order valence-corrected chi connectivity index (χ4v) is 1.59. The number of nitrogens with zero attached hydrogens (tertiary/aromatic N) is 1. The van der Waals surface area contributed by atoms with Crippen molar-refractivity contribution in [3.8, 4) is 11.3 Å². The second-order valence-corrected chi connectivity index (χ2v) is 4.25. The number of aromatic nitrogens is 1. The van der Waals surface area contributed by atoms with Crippen LogP contribution in [-0.4, -0.2) is 17.1 Å². The first-order valence-electron chi connectivity index (χ1n) is 5.89. The molecule has 3 heteroatoms. The summed E-state index contributed by atoms with van der Waals surface area (Å²) < 4.78 is 5.13. The lowest BCUT2D eigenvalue weighted by atomic mass is 10.1. The van der Waals surface area contributed by atoms with Crippen LogP contribution in [-0.2, 0) is 4.74 Å². The Morgan fingerprint density at radius 3 is 2.39 bits per heavy atom. The van der Waals surface area contributed by atoms with Crippen molar-refractivity contribution in [2.75, 3.05) is 0 Å². The second kappa shape index (κ2) is 5.45. The molecule has 2 aromatic rings. The lowest BCUT2D eigenvalue weighted by molar-refractivity contribution is 0.0378. The van der Waals surface area contributed by atoms with Crippen molar-refractivity contribution in [3.05, 3.63) is 54.2 Å². The Hall–Kier alpha value is -2.16. The molecule has 2 rings (SSSR count). The van der Waals surface area contributed by atoms with Crippen molar-refractivity contribution in [1.29, 1.82) is 0 Å². The maximum absolute atomic E-state index is 11.7. The van der Waals surface area contributed by atoms with Crippen molar-refractivity contribution in [1.82, 2.24) is 4.98 Å².